The van der Waals surface area contributed by atoms with Crippen LogP contribution >= 0.6 is 0 Å². The van der Waals surface area contributed by atoms with E-state index in [9.17, 15) is 4.79 Å². The van der Waals surface area contributed by atoms with Gasteiger partial charge in [0.05, 0.1) is 0 Å². The van der Waals surface area contributed by atoms with Gasteiger partial charge in [-0.2, -0.15) is 0 Å². The molecule has 19 heavy (non-hydrogen) atoms. The summed E-state index contributed by atoms with van der Waals surface area (Å²) < 4.78 is 0. The largest absolute Gasteiger partial charge is 1.00 e. The second kappa shape index (κ2) is 5.80. The molecular weight excluding hydrogens is 304 g/mol. The van der Waals surface area contributed by atoms with Crippen molar-refractivity contribution < 1.29 is 26.8 Å². The molecule has 2 N–H and O–H groups in total. The monoisotopic (exact) mass is 316 g/mol. The van der Waals surface area contributed by atoms with Crippen LogP contribution in [0.15, 0.2) is 54.6 Å². The van der Waals surface area contributed by atoms with E-state index in [-0.39, 0.29) is 22.8 Å². The zero-order valence-electron chi connectivity index (χ0n) is 10.2. The number of ketones is 1. The lowest BCUT2D eigenvalue weighted by atomic mass is 10.1. The van der Waals surface area contributed by atoms with Gasteiger partial charge >= 0.3 is 0 Å². The van der Waals surface area contributed by atoms with Crippen molar-refractivity contribution in [1.29, 1.82) is 0 Å². The standard InChI is InChI=1S/C15H12N2O.BrH/c18-14(11-6-2-1-3-7-11)10-15-16-12-8-4-5-9-13(12)17-15;/h1-9H,10H2,(H,16,17);1H. The van der Waals surface area contributed by atoms with E-state index in [1.54, 1.807) is 0 Å². The predicted octanol–water partition coefficient (Wildman–Crippen LogP) is -0.589. The third-order valence-electron chi connectivity index (χ3n) is 2.93. The number of rotatable bonds is 3. The fourth-order valence-corrected chi connectivity index (χ4v) is 2.03. The Balaban J connectivity index is 0.00000133. The van der Waals surface area contributed by atoms with E-state index in [0.717, 1.165) is 22.4 Å². The topological polar surface area (TPSA) is 47.0 Å². The van der Waals surface area contributed by atoms with Crippen molar-refractivity contribution in [3.05, 3.63) is 66.0 Å². The number of carbonyl (C=O) groups is 1. The molecule has 0 radical (unpaired) electrons. The maximum atomic E-state index is 12.1. The van der Waals surface area contributed by atoms with Gasteiger partial charge in [0.2, 0.25) is 0 Å². The van der Waals surface area contributed by atoms with E-state index in [2.05, 4.69) is 9.97 Å². The van der Waals surface area contributed by atoms with Gasteiger partial charge in [0.15, 0.2) is 16.8 Å². The molecule has 0 bridgehead atoms. The van der Waals surface area contributed by atoms with E-state index in [0.29, 0.717) is 6.42 Å². The number of aromatic nitrogens is 2. The number of halogens is 1. The van der Waals surface area contributed by atoms with Crippen LogP contribution in [0.1, 0.15) is 16.2 Å². The molecule has 3 rings (SSSR count). The molecule has 0 aliphatic heterocycles. The van der Waals surface area contributed by atoms with Crippen LogP contribution < -0.4 is 22.0 Å². The van der Waals surface area contributed by atoms with E-state index >= 15 is 0 Å². The summed E-state index contributed by atoms with van der Waals surface area (Å²) in [5.74, 6) is 0.948. The van der Waals surface area contributed by atoms with Crippen molar-refractivity contribution in [2.75, 3.05) is 0 Å². The number of aromatic amines is 2. The highest BCUT2D eigenvalue weighted by Crippen LogP contribution is 2.08. The summed E-state index contributed by atoms with van der Waals surface area (Å²) in [5, 5.41) is 0. The molecule has 96 valence electrons. The van der Waals surface area contributed by atoms with Crippen molar-refractivity contribution >= 4 is 16.8 Å². The molecule has 0 unspecified atom stereocenters. The fraction of sp³-hybridized carbons (Fsp3) is 0.0667. The second-order valence-electron chi connectivity index (χ2n) is 4.24. The van der Waals surface area contributed by atoms with Crippen molar-refractivity contribution in [1.82, 2.24) is 4.98 Å². The summed E-state index contributed by atoms with van der Waals surface area (Å²) in [7, 11) is 0. The Morgan fingerprint density at radius 2 is 1.68 bits per heavy atom. The zero-order chi connectivity index (χ0) is 12.4. The molecule has 0 aliphatic carbocycles. The Labute approximate surface area is 121 Å². The maximum absolute atomic E-state index is 12.1. The van der Waals surface area contributed by atoms with E-state index in [1.165, 1.54) is 0 Å². The minimum Gasteiger partial charge on any atom is -1.00 e. The van der Waals surface area contributed by atoms with Gasteiger partial charge in [0, 0.05) is 5.56 Å². The van der Waals surface area contributed by atoms with Crippen molar-refractivity contribution in [2.45, 2.75) is 6.42 Å². The quantitative estimate of drug-likeness (QED) is 0.645. The first-order valence-electron chi connectivity index (χ1n) is 5.90. The highest BCUT2D eigenvalue weighted by molar-refractivity contribution is 5.97. The van der Waals surface area contributed by atoms with Crippen molar-refractivity contribution in [3.63, 3.8) is 0 Å². The van der Waals surface area contributed by atoms with Crippen LogP contribution in [-0.2, 0) is 6.42 Å². The van der Waals surface area contributed by atoms with Crippen LogP contribution in [0.25, 0.3) is 11.0 Å². The Morgan fingerprint density at radius 1 is 1.00 bits per heavy atom. The Morgan fingerprint density at radius 3 is 2.42 bits per heavy atom. The number of hydrogen-bond donors (Lipinski definition) is 1. The Bertz CT molecular complexity index is 658. The highest BCUT2D eigenvalue weighted by Gasteiger charge is 2.14. The number of benzene rings is 2. The first-order valence-corrected chi connectivity index (χ1v) is 5.90. The third-order valence-corrected chi connectivity index (χ3v) is 2.93. The molecule has 1 aromatic heterocycles. The van der Waals surface area contributed by atoms with Crippen LogP contribution in [0.2, 0.25) is 0 Å². The molecule has 3 nitrogen and oxygen atoms in total. The second-order valence-corrected chi connectivity index (χ2v) is 4.24. The van der Waals surface area contributed by atoms with Crippen LogP contribution in [-0.4, -0.2) is 10.8 Å². The van der Waals surface area contributed by atoms with Gasteiger partial charge in [-0.15, -0.1) is 0 Å². The number of imidazole rings is 1. The van der Waals surface area contributed by atoms with E-state index < -0.39 is 0 Å². The number of nitrogens with one attached hydrogen (secondary N) is 2. The van der Waals surface area contributed by atoms with Gasteiger partial charge in [-0.1, -0.05) is 42.5 Å². The third kappa shape index (κ3) is 2.90. The van der Waals surface area contributed by atoms with Gasteiger partial charge in [0.25, 0.3) is 5.82 Å². The van der Waals surface area contributed by atoms with Gasteiger partial charge in [-0.3, -0.25) is 4.79 Å². The summed E-state index contributed by atoms with van der Waals surface area (Å²) in [5.41, 5.74) is 2.78. The summed E-state index contributed by atoms with van der Waals surface area (Å²) in [6, 6.07) is 17.3. The number of fused-ring (bicyclic) bond motifs is 1. The molecule has 3 aromatic rings. The molecule has 2 aromatic carbocycles. The minimum absolute atomic E-state index is 0. The molecule has 4 heteroatoms. The Kier molecular flexibility index (Phi) is 4.12. The lowest BCUT2D eigenvalue weighted by Crippen LogP contribution is -3.00. The van der Waals surface area contributed by atoms with Crippen LogP contribution in [0, 0.1) is 0 Å². The van der Waals surface area contributed by atoms with Gasteiger partial charge in [-0.25, -0.2) is 9.97 Å². The molecule has 0 atom stereocenters. The first-order chi connectivity index (χ1) is 8.83. The summed E-state index contributed by atoms with van der Waals surface area (Å²) >= 11 is 0. The fourth-order valence-electron chi connectivity index (χ4n) is 2.03. The molecule has 0 fully saturated rings. The average Bonchev–Trinajstić information content (AvgIpc) is 2.82. The van der Waals surface area contributed by atoms with Crippen LogP contribution in [0.3, 0.4) is 0 Å². The lowest BCUT2D eigenvalue weighted by molar-refractivity contribution is -0.356. The van der Waals surface area contributed by atoms with Crippen LogP contribution in [0.5, 0.6) is 0 Å². The number of hydrogen-bond acceptors (Lipinski definition) is 1. The van der Waals surface area contributed by atoms with Crippen molar-refractivity contribution in [2.24, 2.45) is 0 Å². The number of para-hydroxylation sites is 2. The minimum atomic E-state index is 0. The molecule has 0 aliphatic rings. The summed E-state index contributed by atoms with van der Waals surface area (Å²) in [6.07, 6.45) is 0.360. The van der Waals surface area contributed by atoms with Gasteiger partial charge in [-0.05, 0) is 12.1 Å². The predicted molar refractivity (Wildman–Crippen MR) is 69.3 cm³/mol. The number of Topliss-reactive ketones (excluding diaryl/α,β-unsaturated/α-hetero) is 1. The van der Waals surface area contributed by atoms with Gasteiger partial charge in [0.1, 0.15) is 6.42 Å². The molecule has 0 spiro atoms. The molecule has 0 saturated carbocycles. The number of H-pyrrole nitrogens is 2. The zero-order valence-corrected chi connectivity index (χ0v) is 11.8. The number of carbonyl (C=O) groups excluding carboxylic acids is 1. The van der Waals surface area contributed by atoms with Gasteiger partial charge < -0.3 is 17.0 Å². The molecular formula is C15H13BrN2O. The van der Waals surface area contributed by atoms with Crippen LogP contribution in [0.4, 0.5) is 0 Å². The lowest BCUT2D eigenvalue weighted by Gasteiger charge is -1.95. The smallest absolute Gasteiger partial charge is 0.260 e. The Hall–Kier alpha value is -1.94. The van der Waals surface area contributed by atoms with E-state index in [1.807, 2.05) is 54.6 Å². The average molecular weight is 317 g/mol. The summed E-state index contributed by atoms with van der Waals surface area (Å²) in [4.78, 5) is 18.5. The first kappa shape index (κ1) is 13.5. The van der Waals surface area contributed by atoms with E-state index in [4.69, 9.17) is 0 Å². The summed E-state index contributed by atoms with van der Waals surface area (Å²) in [6.45, 7) is 0. The maximum Gasteiger partial charge on any atom is 0.260 e. The molecule has 0 saturated heterocycles. The SMILES string of the molecule is O=C(Cc1[nH]c2ccccc2[nH+]1)c1ccccc1.[Br-]. The normalized spacial score (nSPS) is 10.1. The highest BCUT2D eigenvalue weighted by atomic mass is 79.9. The molecule has 1 heterocycles. The molecule has 0 amide bonds. The van der Waals surface area contributed by atoms with Crippen molar-refractivity contribution in [3.8, 4) is 0 Å².